The highest BCUT2D eigenvalue weighted by molar-refractivity contribution is 5.91. The molecule has 4 heteroatoms. The van der Waals surface area contributed by atoms with Crippen molar-refractivity contribution in [1.82, 2.24) is 0 Å². The summed E-state index contributed by atoms with van der Waals surface area (Å²) in [5.74, 6) is 1.55. The first kappa shape index (κ1) is 18.0. The van der Waals surface area contributed by atoms with Gasteiger partial charge in [-0.3, -0.25) is 0 Å². The number of rotatable bonds is 9. The maximum atomic E-state index is 8.32. The lowest BCUT2D eigenvalue weighted by Crippen LogP contribution is -2.08. The summed E-state index contributed by atoms with van der Waals surface area (Å²) in [4.78, 5) is 0. The molecule has 0 radical (unpaired) electrons. The van der Waals surface area contributed by atoms with E-state index in [0.717, 1.165) is 59.2 Å². The minimum absolute atomic E-state index is 0.0995. The van der Waals surface area contributed by atoms with E-state index >= 15 is 0 Å². The van der Waals surface area contributed by atoms with Crippen LogP contribution in [-0.2, 0) is 0 Å². The third-order valence-corrected chi connectivity index (χ3v) is 4.43. The predicted octanol–water partition coefficient (Wildman–Crippen LogP) is 5.19. The molecule has 0 aliphatic rings. The summed E-state index contributed by atoms with van der Waals surface area (Å²) in [6, 6.07) is 10.3. The Morgan fingerprint density at radius 1 is 1.04 bits per heavy atom. The highest BCUT2D eigenvalue weighted by Crippen LogP contribution is 2.33. The van der Waals surface area contributed by atoms with Crippen LogP contribution in [0.15, 0.2) is 30.3 Å². The summed E-state index contributed by atoms with van der Waals surface area (Å²) in [7, 11) is 3.28. The van der Waals surface area contributed by atoms with Gasteiger partial charge in [-0.2, -0.15) is 0 Å². The second-order valence-electron chi connectivity index (χ2n) is 6.01. The van der Waals surface area contributed by atoms with Crippen molar-refractivity contribution >= 4 is 22.7 Å². The van der Waals surface area contributed by atoms with Gasteiger partial charge in [0.1, 0.15) is 0 Å². The fourth-order valence-corrected chi connectivity index (χ4v) is 2.84. The Morgan fingerprint density at radius 2 is 1.71 bits per heavy atom. The van der Waals surface area contributed by atoms with Gasteiger partial charge in [0.05, 0.1) is 14.2 Å². The highest BCUT2D eigenvalue weighted by Gasteiger charge is 2.13. The summed E-state index contributed by atoms with van der Waals surface area (Å²) in [5, 5.41) is 17.6. The molecule has 0 saturated heterocycles. The van der Waals surface area contributed by atoms with Crippen molar-refractivity contribution in [3.05, 3.63) is 35.9 Å². The van der Waals surface area contributed by atoms with E-state index in [9.17, 15) is 0 Å². The van der Waals surface area contributed by atoms with Crippen LogP contribution in [0.2, 0.25) is 0 Å². The summed E-state index contributed by atoms with van der Waals surface area (Å²) in [5.41, 5.74) is 1.89. The van der Waals surface area contributed by atoms with Gasteiger partial charge >= 0.3 is 0 Å². The maximum Gasteiger partial charge on any atom is 0.161 e. The van der Waals surface area contributed by atoms with E-state index in [2.05, 4.69) is 25.1 Å². The fourth-order valence-electron chi connectivity index (χ4n) is 2.84. The average Bonchev–Trinajstić information content (AvgIpc) is 2.62. The number of hydrogen-bond acceptors (Lipinski definition) is 4. The van der Waals surface area contributed by atoms with Gasteiger partial charge in [0.15, 0.2) is 11.5 Å². The summed E-state index contributed by atoms with van der Waals surface area (Å²) >= 11 is 0. The van der Waals surface area contributed by atoms with Crippen molar-refractivity contribution in [2.75, 3.05) is 14.2 Å². The number of unbranched alkanes of at least 4 members (excludes halogenated alkanes) is 2. The number of benzene rings is 2. The zero-order valence-corrected chi connectivity index (χ0v) is 14.7. The lowest BCUT2D eigenvalue weighted by atomic mass is 9.91. The van der Waals surface area contributed by atoms with Crippen molar-refractivity contribution < 1.29 is 9.47 Å². The molecule has 2 aromatic rings. The molecule has 0 heterocycles. The zero-order valence-electron chi connectivity index (χ0n) is 14.7. The Hall–Kier alpha value is -2.36. The van der Waals surface area contributed by atoms with Crippen LogP contribution in [0, 0.1) is 10.8 Å². The van der Waals surface area contributed by atoms with Crippen molar-refractivity contribution in [3.63, 3.8) is 0 Å². The van der Waals surface area contributed by atoms with Gasteiger partial charge < -0.3 is 20.3 Å². The average molecular weight is 326 g/mol. The molecule has 2 N–H and O–H groups in total. The van der Waals surface area contributed by atoms with Crippen LogP contribution in [0.25, 0.3) is 10.8 Å². The molecule has 0 aromatic heterocycles. The van der Waals surface area contributed by atoms with Crippen LogP contribution in [-0.4, -0.2) is 26.1 Å². The van der Waals surface area contributed by atoms with Gasteiger partial charge in [0.25, 0.3) is 0 Å². The molecule has 128 valence electrons. The van der Waals surface area contributed by atoms with E-state index in [1.54, 1.807) is 14.2 Å². The largest absolute Gasteiger partial charge is 0.493 e. The van der Waals surface area contributed by atoms with E-state index in [-0.39, 0.29) is 5.92 Å². The first-order valence-corrected chi connectivity index (χ1v) is 8.32. The van der Waals surface area contributed by atoms with E-state index in [1.165, 1.54) is 6.21 Å². The SMILES string of the molecule is COc1cc2ccc(C(C)C(=N)CCCCC=N)cc2cc1OC. The molecule has 0 spiro atoms. The molecule has 24 heavy (non-hydrogen) atoms. The number of methoxy groups -OCH3 is 2. The van der Waals surface area contributed by atoms with Crippen LogP contribution in [0.3, 0.4) is 0 Å². The number of ether oxygens (including phenoxy) is 2. The first-order chi connectivity index (χ1) is 11.6. The van der Waals surface area contributed by atoms with E-state index in [0.29, 0.717) is 0 Å². The van der Waals surface area contributed by atoms with Crippen LogP contribution < -0.4 is 9.47 Å². The molecule has 4 nitrogen and oxygen atoms in total. The Morgan fingerprint density at radius 3 is 2.33 bits per heavy atom. The smallest absolute Gasteiger partial charge is 0.161 e. The second-order valence-corrected chi connectivity index (χ2v) is 6.01. The van der Waals surface area contributed by atoms with Crippen molar-refractivity contribution in [3.8, 4) is 11.5 Å². The van der Waals surface area contributed by atoms with E-state index in [4.69, 9.17) is 20.3 Å². The molecule has 0 amide bonds. The molecular weight excluding hydrogens is 300 g/mol. The zero-order chi connectivity index (χ0) is 17.5. The van der Waals surface area contributed by atoms with Gasteiger partial charge in [0, 0.05) is 11.6 Å². The normalized spacial score (nSPS) is 12.0. The summed E-state index contributed by atoms with van der Waals surface area (Å²) in [6.45, 7) is 2.08. The molecule has 0 aliphatic heterocycles. The number of hydrogen-bond donors (Lipinski definition) is 2. The lowest BCUT2D eigenvalue weighted by Gasteiger charge is -2.15. The van der Waals surface area contributed by atoms with Crippen molar-refractivity contribution in [1.29, 1.82) is 10.8 Å². The third kappa shape index (κ3) is 4.13. The topological polar surface area (TPSA) is 66.2 Å². The Labute approximate surface area is 143 Å². The molecule has 2 rings (SSSR count). The van der Waals surface area contributed by atoms with Crippen molar-refractivity contribution in [2.45, 2.75) is 38.5 Å². The monoisotopic (exact) mass is 326 g/mol. The molecule has 1 unspecified atom stereocenters. The third-order valence-electron chi connectivity index (χ3n) is 4.43. The Balaban J connectivity index is 2.19. The van der Waals surface area contributed by atoms with Gasteiger partial charge in [-0.1, -0.05) is 25.1 Å². The van der Waals surface area contributed by atoms with Crippen molar-refractivity contribution in [2.24, 2.45) is 0 Å². The minimum Gasteiger partial charge on any atom is -0.493 e. The molecular formula is C20H26N2O2. The molecule has 0 aliphatic carbocycles. The van der Waals surface area contributed by atoms with Gasteiger partial charge in [0.2, 0.25) is 0 Å². The van der Waals surface area contributed by atoms with E-state index < -0.39 is 0 Å². The first-order valence-electron chi connectivity index (χ1n) is 8.32. The molecule has 0 fully saturated rings. The fraction of sp³-hybridized carbons (Fsp3) is 0.400. The van der Waals surface area contributed by atoms with Crippen LogP contribution in [0.1, 0.15) is 44.1 Å². The van der Waals surface area contributed by atoms with Crippen LogP contribution >= 0.6 is 0 Å². The van der Waals surface area contributed by atoms with Gasteiger partial charge in [-0.05, 0) is 60.4 Å². The maximum absolute atomic E-state index is 8.32. The quantitative estimate of drug-likeness (QED) is 0.492. The molecule has 0 saturated carbocycles. The number of nitrogens with one attached hydrogen (secondary N) is 2. The van der Waals surface area contributed by atoms with E-state index in [1.807, 2.05) is 12.1 Å². The van der Waals surface area contributed by atoms with Crippen LogP contribution in [0.5, 0.6) is 11.5 Å². The standard InChI is InChI=1S/C20H26N2O2/c1-14(18(22)7-5-4-6-10-21)15-8-9-16-12-19(23-2)20(24-3)13-17(16)11-15/h8-14,21-22H,4-7H2,1-3H3. The summed E-state index contributed by atoms with van der Waals surface area (Å²) < 4.78 is 10.7. The van der Waals surface area contributed by atoms with Gasteiger partial charge in [-0.15, -0.1) is 0 Å². The second kappa shape index (κ2) is 8.48. The molecule has 2 aromatic carbocycles. The number of fused-ring (bicyclic) bond motifs is 1. The molecule has 0 bridgehead atoms. The summed E-state index contributed by atoms with van der Waals surface area (Å²) in [6.07, 6.45) is 4.99. The molecule has 1 atom stereocenters. The lowest BCUT2D eigenvalue weighted by molar-refractivity contribution is 0.356. The van der Waals surface area contributed by atoms with Gasteiger partial charge in [-0.25, -0.2) is 0 Å². The predicted molar refractivity (Wildman–Crippen MR) is 100 cm³/mol. The highest BCUT2D eigenvalue weighted by atomic mass is 16.5. The minimum atomic E-state index is 0.0995. The Bertz CT molecular complexity index is 725. The van der Waals surface area contributed by atoms with Crippen LogP contribution in [0.4, 0.5) is 0 Å². The Kier molecular flexibility index (Phi) is 6.36.